The molecule has 0 bridgehead atoms. The van der Waals surface area contributed by atoms with Crippen molar-refractivity contribution in [3.05, 3.63) is 0 Å². The monoisotopic (exact) mass is 129 g/mol. The minimum atomic E-state index is -0.927. The van der Waals surface area contributed by atoms with Gasteiger partial charge in [-0.25, -0.2) is 0 Å². The molecule has 2 heteroatoms. The van der Waals surface area contributed by atoms with Gasteiger partial charge in [-0.05, 0) is 12.3 Å². The Morgan fingerprint density at radius 3 is 2.56 bits per heavy atom. The van der Waals surface area contributed by atoms with Crippen molar-refractivity contribution >= 4 is 5.97 Å². The normalized spacial score (nSPS) is 13.1. The number of unbranched alkanes of at least 4 members (excludes halogenated alkanes) is 1. The third-order valence-corrected chi connectivity index (χ3v) is 1.39. The first-order valence-corrected chi connectivity index (χ1v) is 3.39. The number of hydrogen-bond acceptors (Lipinski definition) is 2. The van der Waals surface area contributed by atoms with Crippen LogP contribution in [0.3, 0.4) is 0 Å². The van der Waals surface area contributed by atoms with Crippen molar-refractivity contribution in [3.8, 4) is 0 Å². The molecule has 0 radical (unpaired) electrons. The Balaban J connectivity index is 3.27. The first kappa shape index (κ1) is 8.47. The van der Waals surface area contributed by atoms with Crippen LogP contribution < -0.4 is 5.11 Å². The fourth-order valence-corrected chi connectivity index (χ4v) is 0.628. The molecule has 0 saturated heterocycles. The summed E-state index contributed by atoms with van der Waals surface area (Å²) in [7, 11) is 0. The molecule has 0 amide bonds. The van der Waals surface area contributed by atoms with Gasteiger partial charge in [-0.2, -0.15) is 0 Å². The molecule has 0 saturated carbocycles. The largest absolute Gasteiger partial charge is 0.550 e. The topological polar surface area (TPSA) is 40.1 Å². The van der Waals surface area contributed by atoms with Gasteiger partial charge in [0.2, 0.25) is 0 Å². The Morgan fingerprint density at radius 2 is 2.22 bits per heavy atom. The highest BCUT2D eigenvalue weighted by Crippen LogP contribution is 2.05. The van der Waals surface area contributed by atoms with Gasteiger partial charge in [-0.15, -0.1) is 0 Å². The lowest BCUT2D eigenvalue weighted by Gasteiger charge is -2.10. The van der Waals surface area contributed by atoms with Crippen molar-refractivity contribution in [3.63, 3.8) is 0 Å². The molecule has 0 aliphatic carbocycles. The molecule has 1 atom stereocenters. The molecule has 0 aromatic heterocycles. The number of aliphatic carboxylic acids is 1. The smallest absolute Gasteiger partial charge is 0.0442 e. The van der Waals surface area contributed by atoms with Crippen LogP contribution in [0.5, 0.6) is 0 Å². The van der Waals surface area contributed by atoms with E-state index in [9.17, 15) is 9.90 Å². The molecular weight excluding hydrogens is 116 g/mol. The van der Waals surface area contributed by atoms with Crippen LogP contribution in [-0.2, 0) is 4.79 Å². The number of rotatable bonds is 4. The van der Waals surface area contributed by atoms with Crippen LogP contribution in [0, 0.1) is 5.92 Å². The molecule has 2 nitrogen and oxygen atoms in total. The van der Waals surface area contributed by atoms with Gasteiger partial charge < -0.3 is 9.90 Å². The molecule has 0 aliphatic heterocycles. The van der Waals surface area contributed by atoms with Crippen molar-refractivity contribution < 1.29 is 9.90 Å². The zero-order valence-electron chi connectivity index (χ0n) is 6.02. The van der Waals surface area contributed by atoms with E-state index in [1.54, 1.807) is 6.92 Å². The number of carbonyl (C=O) groups excluding carboxylic acids is 1. The maximum absolute atomic E-state index is 10.1. The van der Waals surface area contributed by atoms with Crippen molar-refractivity contribution in [2.24, 2.45) is 5.92 Å². The third-order valence-electron chi connectivity index (χ3n) is 1.39. The molecule has 0 spiro atoms. The summed E-state index contributed by atoms with van der Waals surface area (Å²) >= 11 is 0. The van der Waals surface area contributed by atoms with Crippen LogP contribution in [-0.4, -0.2) is 5.97 Å². The fraction of sp³-hybridized carbons (Fsp3) is 0.857. The first-order chi connectivity index (χ1) is 4.18. The number of carbonyl (C=O) groups is 1. The average Bonchev–Trinajstić information content (AvgIpc) is 1.82. The highest BCUT2D eigenvalue weighted by atomic mass is 16.4. The quantitative estimate of drug-likeness (QED) is 0.556. The van der Waals surface area contributed by atoms with Gasteiger partial charge in [-0.1, -0.05) is 26.7 Å². The van der Waals surface area contributed by atoms with E-state index in [1.165, 1.54) is 0 Å². The second-order valence-electron chi connectivity index (χ2n) is 2.36. The highest BCUT2D eigenvalue weighted by Gasteiger charge is 1.99. The molecule has 1 unspecified atom stereocenters. The molecule has 0 aliphatic rings. The van der Waals surface area contributed by atoms with Gasteiger partial charge in [0.25, 0.3) is 0 Å². The summed E-state index contributed by atoms with van der Waals surface area (Å²) in [4.78, 5) is 10.1. The van der Waals surface area contributed by atoms with Gasteiger partial charge in [0.05, 0.1) is 0 Å². The summed E-state index contributed by atoms with van der Waals surface area (Å²) in [6.07, 6.45) is 2.78. The third kappa shape index (κ3) is 4.01. The van der Waals surface area contributed by atoms with E-state index in [4.69, 9.17) is 0 Å². The standard InChI is InChI=1S/C7H14O2/c1-3-4-5-6(2)7(8)9/h6H,3-5H2,1-2H3,(H,8,9)/p-1. The first-order valence-electron chi connectivity index (χ1n) is 3.39. The zero-order chi connectivity index (χ0) is 7.28. The molecule has 54 valence electrons. The Hall–Kier alpha value is -0.530. The summed E-state index contributed by atoms with van der Waals surface area (Å²) in [6, 6.07) is 0. The fourth-order valence-electron chi connectivity index (χ4n) is 0.628. The Labute approximate surface area is 55.9 Å². The lowest BCUT2D eigenvalue weighted by Crippen LogP contribution is -2.29. The van der Waals surface area contributed by atoms with Gasteiger partial charge in [0.15, 0.2) is 0 Å². The molecule has 0 rings (SSSR count). The lowest BCUT2D eigenvalue weighted by atomic mass is 10.1. The average molecular weight is 129 g/mol. The Morgan fingerprint density at radius 1 is 1.67 bits per heavy atom. The Bertz CT molecular complexity index is 88.9. The minimum absolute atomic E-state index is 0.273. The van der Waals surface area contributed by atoms with Crippen LogP contribution in [0.1, 0.15) is 33.1 Å². The van der Waals surface area contributed by atoms with Gasteiger partial charge >= 0.3 is 0 Å². The molecule has 0 fully saturated rings. The summed E-state index contributed by atoms with van der Waals surface area (Å²) in [5, 5.41) is 10.1. The van der Waals surface area contributed by atoms with Crippen LogP contribution in [0.15, 0.2) is 0 Å². The van der Waals surface area contributed by atoms with Crippen LogP contribution >= 0.6 is 0 Å². The second-order valence-corrected chi connectivity index (χ2v) is 2.36. The maximum Gasteiger partial charge on any atom is 0.0442 e. The van der Waals surface area contributed by atoms with E-state index < -0.39 is 5.97 Å². The van der Waals surface area contributed by atoms with Gasteiger partial charge in [0, 0.05) is 5.97 Å². The highest BCUT2D eigenvalue weighted by molar-refractivity contribution is 5.66. The lowest BCUT2D eigenvalue weighted by molar-refractivity contribution is -0.311. The van der Waals surface area contributed by atoms with E-state index in [2.05, 4.69) is 0 Å². The number of carboxylic acid groups (broad SMARTS) is 1. The molecular formula is C7H13O2-. The van der Waals surface area contributed by atoms with Crippen molar-refractivity contribution in [2.75, 3.05) is 0 Å². The molecule has 9 heavy (non-hydrogen) atoms. The van der Waals surface area contributed by atoms with E-state index in [0.717, 1.165) is 19.3 Å². The summed E-state index contributed by atoms with van der Waals surface area (Å²) in [5.41, 5.74) is 0. The van der Waals surface area contributed by atoms with Crippen molar-refractivity contribution in [1.29, 1.82) is 0 Å². The number of carboxylic acids is 1. The summed E-state index contributed by atoms with van der Waals surface area (Å²) < 4.78 is 0. The second kappa shape index (κ2) is 4.36. The van der Waals surface area contributed by atoms with Gasteiger partial charge in [-0.3, -0.25) is 0 Å². The number of hydrogen-bond donors (Lipinski definition) is 0. The van der Waals surface area contributed by atoms with Crippen molar-refractivity contribution in [2.45, 2.75) is 33.1 Å². The maximum atomic E-state index is 10.1. The van der Waals surface area contributed by atoms with Crippen LogP contribution in [0.4, 0.5) is 0 Å². The summed E-state index contributed by atoms with van der Waals surface area (Å²) in [6.45, 7) is 3.73. The predicted molar refractivity (Wildman–Crippen MR) is 33.7 cm³/mol. The summed E-state index contributed by atoms with van der Waals surface area (Å²) in [5.74, 6) is -1.20. The molecule has 0 aromatic carbocycles. The van der Waals surface area contributed by atoms with Crippen LogP contribution in [0.2, 0.25) is 0 Å². The van der Waals surface area contributed by atoms with E-state index >= 15 is 0 Å². The zero-order valence-corrected chi connectivity index (χ0v) is 6.02. The Kier molecular flexibility index (Phi) is 4.10. The predicted octanol–water partition coefficient (Wildman–Crippen LogP) is 0.563. The van der Waals surface area contributed by atoms with Crippen molar-refractivity contribution in [1.82, 2.24) is 0 Å². The molecule has 0 N–H and O–H groups in total. The van der Waals surface area contributed by atoms with Crippen LogP contribution in [0.25, 0.3) is 0 Å². The molecule has 0 aromatic rings. The van der Waals surface area contributed by atoms with Gasteiger partial charge in [0.1, 0.15) is 0 Å². The van der Waals surface area contributed by atoms with E-state index in [0.29, 0.717) is 0 Å². The van der Waals surface area contributed by atoms with E-state index in [1.807, 2.05) is 6.92 Å². The minimum Gasteiger partial charge on any atom is -0.550 e. The van der Waals surface area contributed by atoms with E-state index in [-0.39, 0.29) is 5.92 Å². The SMILES string of the molecule is CCCCC(C)C(=O)[O-]. The molecule has 0 heterocycles.